The minimum absolute atomic E-state index is 0.0125. The first kappa shape index (κ1) is 22.5. The van der Waals surface area contributed by atoms with Gasteiger partial charge in [-0.2, -0.15) is 0 Å². The van der Waals surface area contributed by atoms with E-state index in [2.05, 4.69) is 107 Å². The van der Waals surface area contributed by atoms with Crippen molar-refractivity contribution in [3.63, 3.8) is 0 Å². The van der Waals surface area contributed by atoms with Gasteiger partial charge in [0.15, 0.2) is 0 Å². The Morgan fingerprint density at radius 3 is 1.11 bits per heavy atom. The molecule has 1 aliphatic rings. The van der Waals surface area contributed by atoms with Crippen molar-refractivity contribution in [3.05, 3.63) is 132 Å². The quantitative estimate of drug-likeness (QED) is 0.242. The Morgan fingerprint density at radius 1 is 0.395 bits per heavy atom. The number of aliphatic hydroxyl groups excluding tert-OH is 2. The summed E-state index contributed by atoms with van der Waals surface area (Å²) in [6.07, 6.45) is 0. The van der Waals surface area contributed by atoms with Crippen LogP contribution in [0.25, 0.3) is 21.5 Å². The van der Waals surface area contributed by atoms with Gasteiger partial charge in [0, 0.05) is 22.1 Å². The molecule has 0 aliphatic carbocycles. The van der Waals surface area contributed by atoms with Gasteiger partial charge in [-0.1, -0.05) is 84.9 Å². The maximum Gasteiger partial charge on any atom is 0.0788 e. The molecular formula is C34H26N2O2. The van der Waals surface area contributed by atoms with Crippen LogP contribution in [0, 0.1) is 0 Å². The number of anilines is 6. The van der Waals surface area contributed by atoms with Crippen molar-refractivity contribution in [2.45, 2.75) is 13.2 Å². The third-order valence-corrected chi connectivity index (χ3v) is 7.44. The van der Waals surface area contributed by atoms with Gasteiger partial charge in [0.2, 0.25) is 0 Å². The average molecular weight is 495 g/mol. The second-order valence-electron chi connectivity index (χ2n) is 9.60. The molecule has 0 saturated carbocycles. The van der Waals surface area contributed by atoms with Crippen LogP contribution in [-0.2, 0) is 13.2 Å². The van der Waals surface area contributed by atoms with Crippen LogP contribution >= 0.6 is 0 Å². The number of aliphatic hydroxyl groups is 2. The summed E-state index contributed by atoms with van der Waals surface area (Å²) in [7, 11) is 0. The number of rotatable bonds is 4. The number of benzene rings is 6. The van der Waals surface area contributed by atoms with E-state index in [1.165, 1.54) is 21.5 Å². The summed E-state index contributed by atoms with van der Waals surface area (Å²) >= 11 is 0. The Hall–Kier alpha value is -4.64. The van der Waals surface area contributed by atoms with Crippen molar-refractivity contribution < 1.29 is 10.2 Å². The van der Waals surface area contributed by atoms with Gasteiger partial charge in [-0.3, -0.25) is 0 Å². The highest BCUT2D eigenvalue weighted by Gasteiger charge is 2.33. The van der Waals surface area contributed by atoms with E-state index in [1.54, 1.807) is 0 Å². The van der Waals surface area contributed by atoms with Crippen LogP contribution in [0.5, 0.6) is 0 Å². The molecule has 0 atom stereocenters. The molecule has 4 nitrogen and oxygen atoms in total. The summed E-state index contributed by atoms with van der Waals surface area (Å²) in [6.45, 7) is 0.0251. The summed E-state index contributed by atoms with van der Waals surface area (Å²) in [6, 6.07) is 42.0. The van der Waals surface area contributed by atoms with Crippen LogP contribution in [0.1, 0.15) is 11.1 Å². The van der Waals surface area contributed by atoms with Gasteiger partial charge >= 0.3 is 0 Å². The predicted molar refractivity (Wildman–Crippen MR) is 156 cm³/mol. The monoisotopic (exact) mass is 494 g/mol. The fourth-order valence-electron chi connectivity index (χ4n) is 5.68. The summed E-state index contributed by atoms with van der Waals surface area (Å²) in [5, 5.41) is 24.1. The Labute approximate surface area is 221 Å². The third-order valence-electron chi connectivity index (χ3n) is 7.44. The van der Waals surface area contributed by atoms with E-state index < -0.39 is 0 Å². The maximum atomic E-state index is 9.68. The lowest BCUT2D eigenvalue weighted by atomic mass is 9.93. The molecule has 6 aromatic rings. The molecule has 6 aromatic carbocycles. The average Bonchev–Trinajstić information content (AvgIpc) is 3.00. The summed E-state index contributed by atoms with van der Waals surface area (Å²) < 4.78 is 0. The van der Waals surface area contributed by atoms with E-state index in [-0.39, 0.29) is 13.2 Å². The SMILES string of the molecule is OCc1ccc(N2c3ccccc3N(c3ccc(CO)cc3)c3c2c2ccccc2c2ccccc32)cc1. The molecule has 38 heavy (non-hydrogen) atoms. The first-order valence-corrected chi connectivity index (χ1v) is 12.8. The van der Waals surface area contributed by atoms with Crippen molar-refractivity contribution in [1.29, 1.82) is 0 Å². The van der Waals surface area contributed by atoms with E-state index in [9.17, 15) is 10.2 Å². The first-order chi connectivity index (χ1) is 18.8. The van der Waals surface area contributed by atoms with E-state index >= 15 is 0 Å². The number of hydrogen-bond donors (Lipinski definition) is 2. The summed E-state index contributed by atoms with van der Waals surface area (Å²) in [5.74, 6) is 0. The van der Waals surface area contributed by atoms with E-state index in [4.69, 9.17) is 0 Å². The molecule has 2 N–H and O–H groups in total. The Kier molecular flexibility index (Phi) is 5.36. The highest BCUT2D eigenvalue weighted by atomic mass is 16.3. The number of para-hydroxylation sites is 2. The second-order valence-corrected chi connectivity index (χ2v) is 9.60. The lowest BCUT2D eigenvalue weighted by Gasteiger charge is -2.42. The molecule has 0 fully saturated rings. The van der Waals surface area contributed by atoms with Gasteiger partial charge < -0.3 is 20.0 Å². The van der Waals surface area contributed by atoms with Crippen LogP contribution in [0.2, 0.25) is 0 Å². The number of hydrogen-bond acceptors (Lipinski definition) is 4. The van der Waals surface area contributed by atoms with Crippen LogP contribution in [0.15, 0.2) is 121 Å². The van der Waals surface area contributed by atoms with Crippen molar-refractivity contribution >= 4 is 55.7 Å². The third kappa shape index (κ3) is 3.39. The summed E-state index contributed by atoms with van der Waals surface area (Å²) in [4.78, 5) is 4.69. The predicted octanol–water partition coefficient (Wildman–Crippen LogP) is 8.23. The van der Waals surface area contributed by atoms with Gasteiger partial charge in [-0.05, 0) is 58.3 Å². The summed E-state index contributed by atoms with van der Waals surface area (Å²) in [5.41, 5.74) is 8.20. The molecule has 1 aliphatic heterocycles. The molecule has 0 amide bonds. The number of nitrogens with zero attached hydrogens (tertiary/aromatic N) is 2. The molecule has 4 heteroatoms. The lowest BCUT2D eigenvalue weighted by molar-refractivity contribution is 0.281. The van der Waals surface area contributed by atoms with E-state index in [0.717, 1.165) is 45.3 Å². The molecule has 7 rings (SSSR count). The first-order valence-electron chi connectivity index (χ1n) is 12.8. The molecule has 0 saturated heterocycles. The van der Waals surface area contributed by atoms with Crippen molar-refractivity contribution in [2.75, 3.05) is 9.80 Å². The highest BCUT2D eigenvalue weighted by molar-refractivity contribution is 6.25. The molecule has 0 bridgehead atoms. The van der Waals surface area contributed by atoms with Crippen LogP contribution < -0.4 is 9.80 Å². The molecule has 0 aromatic heterocycles. The second kappa shape index (κ2) is 9.03. The minimum Gasteiger partial charge on any atom is -0.392 e. The molecule has 184 valence electrons. The van der Waals surface area contributed by atoms with Crippen molar-refractivity contribution in [1.82, 2.24) is 0 Å². The fourth-order valence-corrected chi connectivity index (χ4v) is 5.68. The van der Waals surface area contributed by atoms with Gasteiger partial charge in [-0.25, -0.2) is 0 Å². The molecule has 0 unspecified atom stereocenters. The number of fused-ring (bicyclic) bond motifs is 7. The van der Waals surface area contributed by atoms with Crippen LogP contribution in [0.3, 0.4) is 0 Å². The van der Waals surface area contributed by atoms with Gasteiger partial charge in [0.05, 0.1) is 36.0 Å². The van der Waals surface area contributed by atoms with E-state index in [0.29, 0.717) is 0 Å². The minimum atomic E-state index is 0.0125. The fraction of sp³-hybridized carbons (Fsp3) is 0.0588. The lowest BCUT2D eigenvalue weighted by Crippen LogP contribution is -2.24. The van der Waals surface area contributed by atoms with Crippen molar-refractivity contribution in [3.8, 4) is 0 Å². The molecule has 0 spiro atoms. The van der Waals surface area contributed by atoms with Gasteiger partial charge in [0.25, 0.3) is 0 Å². The smallest absolute Gasteiger partial charge is 0.0788 e. The molecular weight excluding hydrogens is 468 g/mol. The van der Waals surface area contributed by atoms with Crippen LogP contribution in [-0.4, -0.2) is 10.2 Å². The zero-order chi connectivity index (χ0) is 25.6. The normalized spacial score (nSPS) is 12.6. The van der Waals surface area contributed by atoms with Crippen molar-refractivity contribution in [2.24, 2.45) is 0 Å². The largest absolute Gasteiger partial charge is 0.392 e. The Bertz CT molecular complexity index is 1660. The van der Waals surface area contributed by atoms with E-state index in [1.807, 2.05) is 24.3 Å². The molecule has 0 radical (unpaired) electrons. The molecule has 1 heterocycles. The Balaban J connectivity index is 1.63. The zero-order valence-corrected chi connectivity index (χ0v) is 20.8. The topological polar surface area (TPSA) is 46.9 Å². The van der Waals surface area contributed by atoms with Gasteiger partial charge in [0.1, 0.15) is 0 Å². The Morgan fingerprint density at radius 2 is 0.737 bits per heavy atom. The zero-order valence-electron chi connectivity index (χ0n) is 20.8. The highest BCUT2D eigenvalue weighted by Crippen LogP contribution is 2.58. The van der Waals surface area contributed by atoms with Crippen LogP contribution in [0.4, 0.5) is 34.1 Å². The maximum absolute atomic E-state index is 9.68. The van der Waals surface area contributed by atoms with Gasteiger partial charge in [-0.15, -0.1) is 0 Å². The standard InChI is InChI=1S/C34H26N2O2/c37-21-23-13-17-25(18-14-23)35-31-11-5-6-12-32(31)36(26-19-15-24(22-38)16-20-26)34-30-10-4-2-8-28(30)27-7-1-3-9-29(27)33(34)35/h1-20,37-38H,21-22H2.